The highest BCUT2D eigenvalue weighted by atomic mass is 19.4. The molecule has 0 N–H and O–H groups in total. The summed E-state index contributed by atoms with van der Waals surface area (Å²) in [5.74, 6) is -5.83. The molecule has 0 aliphatic rings. The Balaban J connectivity index is 3.42. The molecule has 0 heterocycles. The molecule has 0 amide bonds. The molecule has 0 saturated heterocycles. The van der Waals surface area contributed by atoms with Gasteiger partial charge in [-0.2, -0.15) is 48.3 Å². The van der Waals surface area contributed by atoms with Crippen molar-refractivity contribution in [3.63, 3.8) is 0 Å². The van der Waals surface area contributed by atoms with E-state index >= 15 is 4.39 Å². The quantitative estimate of drug-likeness (QED) is 0.160. The summed E-state index contributed by atoms with van der Waals surface area (Å²) in [5, 5.41) is 0. The zero-order chi connectivity index (χ0) is 36.6. The van der Waals surface area contributed by atoms with Gasteiger partial charge in [-0.05, 0) is 43.9 Å². The number of rotatable bonds is 12. The van der Waals surface area contributed by atoms with Crippen molar-refractivity contribution in [3.8, 4) is 11.5 Å². The van der Waals surface area contributed by atoms with E-state index in [2.05, 4.69) is 0 Å². The van der Waals surface area contributed by atoms with Crippen LogP contribution in [0.2, 0.25) is 0 Å². The molecular formula is C28H30F16O2. The third kappa shape index (κ3) is 9.18. The topological polar surface area (TPSA) is 18.5 Å². The molecule has 0 aliphatic carbocycles. The van der Waals surface area contributed by atoms with Gasteiger partial charge in [-0.15, -0.1) is 0 Å². The van der Waals surface area contributed by atoms with E-state index in [4.69, 9.17) is 9.47 Å². The highest BCUT2D eigenvalue weighted by Crippen LogP contribution is 2.54. The number of hydrogen-bond donors (Lipinski definition) is 0. The van der Waals surface area contributed by atoms with E-state index in [1.54, 1.807) is 0 Å². The molecule has 266 valence electrons. The zero-order valence-electron chi connectivity index (χ0n) is 25.0. The normalized spacial score (nSPS) is 16.7. The standard InChI is InChI=1S/C28H30F16O2/c1-20(2,3)16-11-17(13-18(12-16)46-15-25(34,35)22(6,31)19(7-9-29)21(4,5)30)45-10-8-23(32,26(36,37)38)14-24(33,27(39,40)41)28(42,43)44/h9,11-13H,8,10,14-15H2,1-6H3. The highest BCUT2D eigenvalue weighted by Gasteiger charge is 2.77. The van der Waals surface area contributed by atoms with Crippen molar-refractivity contribution in [2.45, 2.75) is 107 Å². The van der Waals surface area contributed by atoms with Crippen molar-refractivity contribution in [1.29, 1.82) is 0 Å². The van der Waals surface area contributed by atoms with E-state index in [1.807, 2.05) is 0 Å². The minimum Gasteiger partial charge on any atom is -0.493 e. The molecule has 0 spiro atoms. The summed E-state index contributed by atoms with van der Waals surface area (Å²) in [7, 11) is 0. The van der Waals surface area contributed by atoms with Gasteiger partial charge in [-0.1, -0.05) is 26.5 Å². The fourth-order valence-electron chi connectivity index (χ4n) is 3.99. The Bertz CT molecular complexity index is 1240. The summed E-state index contributed by atoms with van der Waals surface area (Å²) in [6.45, 7) is 2.58. The molecule has 46 heavy (non-hydrogen) atoms. The average molecular weight is 703 g/mol. The molecule has 0 aromatic heterocycles. The lowest BCUT2D eigenvalue weighted by Crippen LogP contribution is -2.59. The van der Waals surface area contributed by atoms with Crippen molar-refractivity contribution < 1.29 is 79.7 Å². The van der Waals surface area contributed by atoms with Crippen LogP contribution in [0.5, 0.6) is 11.5 Å². The number of allylic oxidation sites excluding steroid dienone is 1. The summed E-state index contributed by atoms with van der Waals surface area (Å²) >= 11 is 0. The minimum atomic E-state index is -6.99. The lowest BCUT2D eigenvalue weighted by Gasteiger charge is -2.37. The molecule has 0 bridgehead atoms. The largest absolute Gasteiger partial charge is 0.493 e. The number of hydrogen-bond acceptors (Lipinski definition) is 2. The first-order valence-electron chi connectivity index (χ1n) is 13.0. The molecule has 2 nitrogen and oxygen atoms in total. The van der Waals surface area contributed by atoms with Crippen LogP contribution in [0.25, 0.3) is 0 Å². The van der Waals surface area contributed by atoms with Crippen LogP contribution in [0.1, 0.15) is 59.9 Å². The number of halogens is 16. The zero-order valence-corrected chi connectivity index (χ0v) is 25.0. The van der Waals surface area contributed by atoms with Crippen molar-refractivity contribution in [3.05, 3.63) is 41.4 Å². The van der Waals surface area contributed by atoms with Crippen LogP contribution in [0.3, 0.4) is 0 Å². The monoisotopic (exact) mass is 702 g/mol. The van der Waals surface area contributed by atoms with Gasteiger partial charge in [-0.25, -0.2) is 22.0 Å². The first-order chi connectivity index (χ1) is 20.2. The van der Waals surface area contributed by atoms with Gasteiger partial charge in [0.1, 0.15) is 23.5 Å². The molecule has 1 aromatic carbocycles. The summed E-state index contributed by atoms with van der Waals surface area (Å²) < 4.78 is 228. The summed E-state index contributed by atoms with van der Waals surface area (Å²) in [6.07, 6.45) is -26.9. The van der Waals surface area contributed by atoms with Crippen LogP contribution in [-0.4, -0.2) is 60.3 Å². The van der Waals surface area contributed by atoms with Crippen molar-refractivity contribution >= 4 is 0 Å². The maximum Gasteiger partial charge on any atom is 0.431 e. The third-order valence-corrected chi connectivity index (χ3v) is 6.81. The van der Waals surface area contributed by atoms with Crippen LogP contribution in [-0.2, 0) is 5.41 Å². The minimum absolute atomic E-state index is 0.108. The van der Waals surface area contributed by atoms with Crippen LogP contribution in [0.15, 0.2) is 35.8 Å². The molecule has 0 saturated carbocycles. The molecular weight excluding hydrogens is 672 g/mol. The van der Waals surface area contributed by atoms with Gasteiger partial charge in [-0.3, -0.25) is 0 Å². The van der Waals surface area contributed by atoms with Gasteiger partial charge in [0.05, 0.1) is 12.2 Å². The summed E-state index contributed by atoms with van der Waals surface area (Å²) in [6, 6.07) is 2.77. The van der Waals surface area contributed by atoms with Crippen LogP contribution in [0.4, 0.5) is 70.2 Å². The third-order valence-electron chi connectivity index (χ3n) is 6.81. The second kappa shape index (κ2) is 13.0. The van der Waals surface area contributed by atoms with Crippen LogP contribution in [0, 0.1) is 0 Å². The van der Waals surface area contributed by atoms with Gasteiger partial charge < -0.3 is 9.47 Å². The molecule has 0 aliphatic heterocycles. The first-order valence-corrected chi connectivity index (χ1v) is 13.0. The molecule has 18 heteroatoms. The fourth-order valence-corrected chi connectivity index (χ4v) is 3.99. The van der Waals surface area contributed by atoms with Crippen molar-refractivity contribution in [1.82, 2.24) is 0 Å². The van der Waals surface area contributed by atoms with E-state index < -0.39 is 102 Å². The highest BCUT2D eigenvalue weighted by molar-refractivity contribution is 5.41. The van der Waals surface area contributed by atoms with Gasteiger partial charge in [0.15, 0.2) is 6.61 Å². The molecule has 2 atom stereocenters. The van der Waals surface area contributed by atoms with Gasteiger partial charge in [0, 0.05) is 18.9 Å². The Labute approximate surface area is 253 Å². The Kier molecular flexibility index (Phi) is 11.7. The van der Waals surface area contributed by atoms with Gasteiger partial charge in [0.2, 0.25) is 11.3 Å². The predicted octanol–water partition coefficient (Wildman–Crippen LogP) is 10.7. The molecule has 0 fully saturated rings. The SMILES string of the molecule is CC(C)(F)C(=C=CF)C(C)(F)C(F)(F)COc1cc(OCCC(F)(CC(F)(C(F)(F)F)C(F)(F)F)C(F)(F)F)cc(C(C)(C)C)c1. The smallest absolute Gasteiger partial charge is 0.431 e. The van der Waals surface area contributed by atoms with Crippen molar-refractivity contribution in [2.75, 3.05) is 13.2 Å². The van der Waals surface area contributed by atoms with Crippen molar-refractivity contribution in [2.24, 2.45) is 0 Å². The number of alkyl halides is 15. The average Bonchev–Trinajstić information content (AvgIpc) is 2.82. The Hall–Kier alpha value is -2.78. The van der Waals surface area contributed by atoms with E-state index in [9.17, 15) is 65.9 Å². The van der Waals surface area contributed by atoms with E-state index in [0.717, 1.165) is 12.1 Å². The Morgan fingerprint density at radius 1 is 0.674 bits per heavy atom. The number of benzene rings is 1. The molecule has 1 aromatic rings. The van der Waals surface area contributed by atoms with E-state index in [0.29, 0.717) is 19.9 Å². The molecule has 2 unspecified atom stereocenters. The van der Waals surface area contributed by atoms with Gasteiger partial charge >= 0.3 is 30.1 Å². The van der Waals surface area contributed by atoms with Gasteiger partial charge in [0.25, 0.3) is 0 Å². The van der Waals surface area contributed by atoms with E-state index in [-0.39, 0.29) is 12.5 Å². The van der Waals surface area contributed by atoms with E-state index in [1.165, 1.54) is 26.5 Å². The predicted molar refractivity (Wildman–Crippen MR) is 134 cm³/mol. The molecule has 1 rings (SSSR count). The Morgan fingerprint density at radius 3 is 1.50 bits per heavy atom. The first kappa shape index (κ1) is 41.2. The van der Waals surface area contributed by atoms with Crippen LogP contribution >= 0.6 is 0 Å². The second-order valence-electron chi connectivity index (χ2n) is 12.1. The molecule has 0 radical (unpaired) electrons. The van der Waals surface area contributed by atoms with Crippen LogP contribution < -0.4 is 9.47 Å². The maximum absolute atomic E-state index is 15.2. The summed E-state index contributed by atoms with van der Waals surface area (Å²) in [4.78, 5) is 0. The second-order valence-corrected chi connectivity index (χ2v) is 12.1. The summed E-state index contributed by atoms with van der Waals surface area (Å²) in [5.41, 5.74) is -19.6. The number of ether oxygens (including phenoxy) is 2. The lowest BCUT2D eigenvalue weighted by molar-refractivity contribution is -0.361. The maximum atomic E-state index is 15.2. The lowest BCUT2D eigenvalue weighted by atomic mass is 9.83. The fraction of sp³-hybridized carbons (Fsp3) is 0.679. The Morgan fingerprint density at radius 2 is 1.13 bits per heavy atom.